The van der Waals surface area contributed by atoms with Crippen LogP contribution in [0.3, 0.4) is 0 Å². The maximum absolute atomic E-state index is 12.5. The number of aryl methyl sites for hydroxylation is 2. The molecule has 0 radical (unpaired) electrons. The number of aromatic nitrogens is 3. The van der Waals surface area contributed by atoms with Gasteiger partial charge in [0.05, 0.1) is 11.9 Å². The minimum absolute atomic E-state index is 0.269. The van der Waals surface area contributed by atoms with Crippen molar-refractivity contribution in [3.8, 4) is 17.0 Å². The topological polar surface area (TPSA) is 96.3 Å². The number of phenolic OH excluding ortho intramolecular Hbond substituents is 1. The highest BCUT2D eigenvalue weighted by Gasteiger charge is 2.17. The minimum Gasteiger partial charge on any atom is -0.508 e. The number of aromatic hydroxyl groups is 1. The first-order valence-corrected chi connectivity index (χ1v) is 13.7. The average molecular weight is 503 g/mol. The van der Waals surface area contributed by atoms with Crippen LogP contribution in [0, 0.1) is 0 Å². The van der Waals surface area contributed by atoms with Gasteiger partial charge in [0.1, 0.15) is 11.6 Å². The summed E-state index contributed by atoms with van der Waals surface area (Å²) >= 11 is 0. The molecule has 1 N–H and O–H groups in total. The summed E-state index contributed by atoms with van der Waals surface area (Å²) in [5, 5.41) is 9.43. The smallest absolute Gasteiger partial charge is 0.211 e. The molecule has 0 unspecified atom stereocenters. The first kappa shape index (κ1) is 25.5. The molecule has 2 heterocycles. The molecule has 36 heavy (non-hydrogen) atoms. The molecule has 0 amide bonds. The minimum atomic E-state index is -3.38. The summed E-state index contributed by atoms with van der Waals surface area (Å²) in [7, 11) is -3.38. The van der Waals surface area contributed by atoms with Crippen LogP contribution in [0.1, 0.15) is 28.9 Å². The highest BCUT2D eigenvalue weighted by molar-refractivity contribution is 7.88. The van der Waals surface area contributed by atoms with Gasteiger partial charge in [-0.15, -0.1) is 0 Å². The summed E-state index contributed by atoms with van der Waals surface area (Å²) in [6.07, 6.45) is 9.59. The van der Waals surface area contributed by atoms with Crippen LogP contribution in [0.25, 0.3) is 11.3 Å². The van der Waals surface area contributed by atoms with E-state index in [1.165, 1.54) is 10.6 Å². The molecule has 0 saturated carbocycles. The van der Waals surface area contributed by atoms with Crippen LogP contribution in [0.15, 0.2) is 85.3 Å². The van der Waals surface area contributed by atoms with Crippen molar-refractivity contribution in [2.75, 3.05) is 12.8 Å². The third-order valence-electron chi connectivity index (χ3n) is 5.93. The number of hydrogen-bond donors (Lipinski definition) is 1. The molecule has 0 aliphatic heterocycles. The Morgan fingerprint density at radius 2 is 1.67 bits per heavy atom. The van der Waals surface area contributed by atoms with E-state index in [2.05, 4.69) is 9.97 Å². The molecule has 8 heteroatoms. The van der Waals surface area contributed by atoms with E-state index in [1.807, 2.05) is 54.6 Å². The zero-order valence-electron chi connectivity index (χ0n) is 20.3. The van der Waals surface area contributed by atoms with Crippen LogP contribution < -0.4 is 0 Å². The van der Waals surface area contributed by atoms with E-state index in [0.717, 1.165) is 53.0 Å². The second kappa shape index (κ2) is 11.9. The van der Waals surface area contributed by atoms with E-state index in [4.69, 9.17) is 4.98 Å². The lowest BCUT2D eigenvalue weighted by atomic mass is 10.1. The molecule has 186 valence electrons. The van der Waals surface area contributed by atoms with Crippen LogP contribution in [-0.4, -0.2) is 45.6 Å². The van der Waals surface area contributed by atoms with Gasteiger partial charge in [-0.1, -0.05) is 36.4 Å². The molecule has 4 aromatic rings. The normalized spacial score (nSPS) is 11.6. The number of nitrogens with zero attached hydrogens (tertiary/aromatic N) is 4. The summed E-state index contributed by atoms with van der Waals surface area (Å²) in [5.74, 6) is 1.04. The number of phenols is 1. The van der Waals surface area contributed by atoms with E-state index < -0.39 is 10.0 Å². The molecule has 0 fully saturated rings. The summed E-state index contributed by atoms with van der Waals surface area (Å²) in [4.78, 5) is 13.3. The number of pyridine rings is 1. The van der Waals surface area contributed by atoms with E-state index in [-0.39, 0.29) is 12.3 Å². The molecule has 0 atom stereocenters. The molecule has 7 nitrogen and oxygen atoms in total. The van der Waals surface area contributed by atoms with Crippen molar-refractivity contribution in [3.05, 3.63) is 108 Å². The Balaban J connectivity index is 1.42. The van der Waals surface area contributed by atoms with Gasteiger partial charge in [0.15, 0.2) is 0 Å². The predicted molar refractivity (Wildman–Crippen MR) is 141 cm³/mol. The Bertz CT molecular complexity index is 1380. The van der Waals surface area contributed by atoms with Crippen LogP contribution in [0.4, 0.5) is 0 Å². The first-order chi connectivity index (χ1) is 17.4. The molecule has 2 aromatic heterocycles. The largest absolute Gasteiger partial charge is 0.508 e. The Hall–Kier alpha value is -3.62. The molecule has 0 saturated heterocycles. The van der Waals surface area contributed by atoms with E-state index >= 15 is 0 Å². The third-order valence-corrected chi connectivity index (χ3v) is 7.18. The molecule has 0 aliphatic carbocycles. The monoisotopic (exact) mass is 502 g/mol. The van der Waals surface area contributed by atoms with Crippen LogP contribution in [-0.2, 0) is 35.8 Å². The van der Waals surface area contributed by atoms with Gasteiger partial charge in [-0.3, -0.25) is 4.98 Å². The lowest BCUT2D eigenvalue weighted by Gasteiger charge is -2.20. The maximum Gasteiger partial charge on any atom is 0.211 e. The zero-order chi connectivity index (χ0) is 25.4. The number of hydrogen-bond acceptors (Lipinski definition) is 6. The molecule has 2 aromatic carbocycles. The van der Waals surface area contributed by atoms with Gasteiger partial charge in [-0.25, -0.2) is 18.4 Å². The van der Waals surface area contributed by atoms with E-state index in [1.54, 1.807) is 30.7 Å². The fourth-order valence-corrected chi connectivity index (χ4v) is 4.79. The van der Waals surface area contributed by atoms with Crippen molar-refractivity contribution in [2.45, 2.75) is 32.2 Å². The highest BCUT2D eigenvalue weighted by atomic mass is 32.2. The van der Waals surface area contributed by atoms with Crippen molar-refractivity contribution in [2.24, 2.45) is 0 Å². The van der Waals surface area contributed by atoms with Gasteiger partial charge >= 0.3 is 0 Å². The zero-order valence-corrected chi connectivity index (χ0v) is 21.1. The Labute approximate surface area is 212 Å². The Morgan fingerprint density at radius 3 is 2.42 bits per heavy atom. The van der Waals surface area contributed by atoms with Crippen molar-refractivity contribution >= 4 is 10.0 Å². The highest BCUT2D eigenvalue weighted by Crippen LogP contribution is 2.21. The summed E-state index contributed by atoms with van der Waals surface area (Å²) < 4.78 is 26.4. The number of benzene rings is 2. The molecular weight excluding hydrogens is 472 g/mol. The lowest BCUT2D eigenvalue weighted by Crippen LogP contribution is -2.31. The van der Waals surface area contributed by atoms with E-state index in [9.17, 15) is 13.5 Å². The number of sulfonamides is 1. The maximum atomic E-state index is 12.5. The quantitative estimate of drug-likeness (QED) is 0.326. The first-order valence-electron chi connectivity index (χ1n) is 11.9. The fraction of sp³-hybridized carbons (Fsp3) is 0.250. The van der Waals surface area contributed by atoms with Gasteiger partial charge in [0, 0.05) is 43.7 Å². The summed E-state index contributed by atoms with van der Waals surface area (Å²) in [6.45, 7) is 0.672. The molecular formula is C28H30N4O3S. The molecule has 0 aliphatic rings. The predicted octanol–water partition coefficient (Wildman–Crippen LogP) is 4.42. The van der Waals surface area contributed by atoms with Crippen molar-refractivity contribution in [1.29, 1.82) is 0 Å². The fourth-order valence-electron chi connectivity index (χ4n) is 3.99. The van der Waals surface area contributed by atoms with Crippen LogP contribution >= 0.6 is 0 Å². The van der Waals surface area contributed by atoms with Gasteiger partial charge in [0.2, 0.25) is 10.0 Å². The van der Waals surface area contributed by atoms with Crippen LogP contribution in [0.2, 0.25) is 0 Å². The SMILES string of the molecule is CS(=O)(=O)N(CCc1cccnc1)Cc1cccc(-c2ccnc(CCCc3ccc(O)cc3)n2)c1. The molecule has 4 rings (SSSR count). The second-order valence-electron chi connectivity index (χ2n) is 8.79. The molecule has 0 spiro atoms. The van der Waals surface area contributed by atoms with Gasteiger partial charge in [-0.2, -0.15) is 4.31 Å². The second-order valence-corrected chi connectivity index (χ2v) is 10.8. The summed E-state index contributed by atoms with van der Waals surface area (Å²) in [5.41, 5.74) is 4.80. The summed E-state index contributed by atoms with van der Waals surface area (Å²) in [6, 6.07) is 20.8. The Morgan fingerprint density at radius 1 is 0.861 bits per heavy atom. The van der Waals surface area contributed by atoms with E-state index in [0.29, 0.717) is 13.0 Å². The molecule has 0 bridgehead atoms. The van der Waals surface area contributed by atoms with Crippen molar-refractivity contribution in [1.82, 2.24) is 19.3 Å². The lowest BCUT2D eigenvalue weighted by molar-refractivity contribution is 0.413. The van der Waals surface area contributed by atoms with Crippen LogP contribution in [0.5, 0.6) is 5.75 Å². The van der Waals surface area contributed by atoms with Gasteiger partial charge in [0.25, 0.3) is 0 Å². The number of rotatable bonds is 11. The average Bonchev–Trinajstić information content (AvgIpc) is 2.88. The standard InChI is InChI=1S/C28H30N4O3S/c1-36(34,35)32(18-15-23-7-4-16-29-20-23)21-24-6-2-8-25(19-24)27-14-17-30-28(31-27)9-3-5-22-10-12-26(33)13-11-22/h2,4,6-8,10-14,16-17,19-20,33H,3,5,9,15,18,21H2,1H3. The van der Waals surface area contributed by atoms with Crippen molar-refractivity contribution in [3.63, 3.8) is 0 Å². The third kappa shape index (κ3) is 7.44. The van der Waals surface area contributed by atoms with Crippen molar-refractivity contribution < 1.29 is 13.5 Å². The van der Waals surface area contributed by atoms with Gasteiger partial charge in [-0.05, 0) is 66.3 Å². The Kier molecular flexibility index (Phi) is 8.40. The van der Waals surface area contributed by atoms with Gasteiger partial charge < -0.3 is 5.11 Å².